The van der Waals surface area contributed by atoms with Gasteiger partial charge in [0.25, 0.3) is 0 Å². The van der Waals surface area contributed by atoms with Crippen LogP contribution in [0.1, 0.15) is 28.8 Å². The van der Waals surface area contributed by atoms with Gasteiger partial charge in [-0.2, -0.15) is 0 Å². The third-order valence-corrected chi connectivity index (χ3v) is 4.94. The Balaban J connectivity index is 1.64. The summed E-state index contributed by atoms with van der Waals surface area (Å²) in [6.45, 7) is 2.05. The third kappa shape index (κ3) is 3.58. The number of carbonyl (C=O) groups is 1. The topological polar surface area (TPSA) is 20.3 Å². The highest BCUT2D eigenvalue weighted by atomic mass is 79.9. The van der Waals surface area contributed by atoms with Crippen molar-refractivity contribution >= 4 is 27.9 Å². The van der Waals surface area contributed by atoms with Gasteiger partial charge in [-0.3, -0.25) is 4.79 Å². The Bertz CT molecular complexity index is 633. The molecule has 0 bridgehead atoms. The highest BCUT2D eigenvalue weighted by molar-refractivity contribution is 9.10. The Morgan fingerprint density at radius 3 is 2.50 bits per heavy atom. The van der Waals surface area contributed by atoms with Crippen LogP contribution in [0.25, 0.3) is 0 Å². The maximum Gasteiger partial charge on any atom is 0.152 e. The minimum atomic E-state index is 0.741. The fourth-order valence-electron chi connectivity index (χ4n) is 3.22. The monoisotopic (exact) mass is 357 g/mol. The van der Waals surface area contributed by atoms with E-state index in [1.807, 2.05) is 12.1 Å². The van der Waals surface area contributed by atoms with E-state index in [-0.39, 0.29) is 0 Å². The summed E-state index contributed by atoms with van der Waals surface area (Å²) in [6, 6.07) is 16.6. The van der Waals surface area contributed by atoms with Gasteiger partial charge < -0.3 is 4.90 Å². The van der Waals surface area contributed by atoms with Crippen LogP contribution < -0.4 is 4.90 Å². The largest absolute Gasteiger partial charge is 0.371 e. The van der Waals surface area contributed by atoms with Gasteiger partial charge in [0, 0.05) is 28.8 Å². The van der Waals surface area contributed by atoms with Crippen molar-refractivity contribution in [3.8, 4) is 0 Å². The minimum absolute atomic E-state index is 0.741. The molecule has 3 heteroatoms. The summed E-state index contributed by atoms with van der Waals surface area (Å²) in [5, 5.41) is 0. The number of hydrogen-bond acceptors (Lipinski definition) is 2. The first-order valence-electron chi connectivity index (χ1n) is 7.80. The van der Waals surface area contributed by atoms with Crippen molar-refractivity contribution in [3.05, 3.63) is 64.1 Å². The van der Waals surface area contributed by atoms with Crippen LogP contribution in [-0.2, 0) is 6.42 Å². The lowest BCUT2D eigenvalue weighted by Gasteiger charge is -2.34. The fourth-order valence-corrected chi connectivity index (χ4v) is 3.56. The minimum Gasteiger partial charge on any atom is -0.371 e. The van der Waals surface area contributed by atoms with Crippen LogP contribution in [0.2, 0.25) is 0 Å². The number of carbonyl (C=O) groups excluding carboxylic acids is 1. The Morgan fingerprint density at radius 1 is 1.09 bits per heavy atom. The molecule has 1 aliphatic rings. The summed E-state index contributed by atoms with van der Waals surface area (Å²) >= 11 is 3.51. The first-order chi connectivity index (χ1) is 10.8. The quantitative estimate of drug-likeness (QED) is 0.737. The van der Waals surface area contributed by atoms with Crippen molar-refractivity contribution in [1.82, 2.24) is 0 Å². The number of rotatable bonds is 4. The summed E-state index contributed by atoms with van der Waals surface area (Å²) in [5.74, 6) is 0.741. The van der Waals surface area contributed by atoms with Crippen LogP contribution in [0.4, 0.5) is 5.69 Å². The maximum absolute atomic E-state index is 11.2. The molecule has 22 heavy (non-hydrogen) atoms. The number of anilines is 1. The maximum atomic E-state index is 11.2. The van der Waals surface area contributed by atoms with E-state index in [0.29, 0.717) is 0 Å². The van der Waals surface area contributed by atoms with Crippen molar-refractivity contribution in [2.24, 2.45) is 5.92 Å². The number of piperidine rings is 1. The van der Waals surface area contributed by atoms with Gasteiger partial charge in [0.2, 0.25) is 0 Å². The fraction of sp³-hybridized carbons (Fsp3) is 0.316. The SMILES string of the molecule is O=Cc1ccc(Br)cc1N1CCC(Cc2ccccc2)CC1. The van der Waals surface area contributed by atoms with E-state index >= 15 is 0 Å². The predicted octanol–water partition coefficient (Wildman–Crippen LogP) is 4.72. The molecular weight excluding hydrogens is 338 g/mol. The van der Waals surface area contributed by atoms with Gasteiger partial charge in [-0.25, -0.2) is 0 Å². The predicted molar refractivity (Wildman–Crippen MR) is 94.6 cm³/mol. The highest BCUT2D eigenvalue weighted by Gasteiger charge is 2.21. The van der Waals surface area contributed by atoms with E-state index < -0.39 is 0 Å². The first kappa shape index (κ1) is 15.3. The van der Waals surface area contributed by atoms with Crippen molar-refractivity contribution in [2.45, 2.75) is 19.3 Å². The van der Waals surface area contributed by atoms with Crippen molar-refractivity contribution in [1.29, 1.82) is 0 Å². The van der Waals surface area contributed by atoms with Gasteiger partial charge in [0.1, 0.15) is 0 Å². The zero-order valence-electron chi connectivity index (χ0n) is 12.5. The van der Waals surface area contributed by atoms with Gasteiger partial charge >= 0.3 is 0 Å². The molecule has 0 aromatic heterocycles. The second-order valence-corrected chi connectivity index (χ2v) is 6.86. The van der Waals surface area contributed by atoms with E-state index in [0.717, 1.165) is 47.4 Å². The summed E-state index contributed by atoms with van der Waals surface area (Å²) < 4.78 is 1.03. The number of halogens is 1. The molecule has 0 saturated carbocycles. The molecule has 1 saturated heterocycles. The molecule has 0 N–H and O–H groups in total. The van der Waals surface area contributed by atoms with Crippen LogP contribution in [-0.4, -0.2) is 19.4 Å². The van der Waals surface area contributed by atoms with E-state index in [1.54, 1.807) is 0 Å². The average Bonchev–Trinajstić information content (AvgIpc) is 2.56. The van der Waals surface area contributed by atoms with Crippen molar-refractivity contribution in [3.63, 3.8) is 0 Å². The molecule has 2 nitrogen and oxygen atoms in total. The molecule has 1 heterocycles. The highest BCUT2D eigenvalue weighted by Crippen LogP contribution is 2.29. The third-order valence-electron chi connectivity index (χ3n) is 4.44. The van der Waals surface area contributed by atoms with Gasteiger partial charge in [-0.15, -0.1) is 0 Å². The van der Waals surface area contributed by atoms with Crippen molar-refractivity contribution < 1.29 is 4.79 Å². The normalized spacial score (nSPS) is 15.8. The second kappa shape index (κ2) is 7.10. The lowest BCUT2D eigenvalue weighted by Crippen LogP contribution is -2.34. The first-order valence-corrected chi connectivity index (χ1v) is 8.59. The van der Waals surface area contributed by atoms with E-state index in [4.69, 9.17) is 0 Å². The van der Waals surface area contributed by atoms with Gasteiger partial charge in [0.05, 0.1) is 0 Å². The number of benzene rings is 2. The molecule has 0 unspecified atom stereocenters. The van der Waals surface area contributed by atoms with E-state index in [2.05, 4.69) is 57.2 Å². The Kier molecular flexibility index (Phi) is 4.94. The lowest BCUT2D eigenvalue weighted by atomic mass is 9.90. The molecule has 0 amide bonds. The molecule has 0 atom stereocenters. The van der Waals surface area contributed by atoms with E-state index in [1.165, 1.54) is 18.4 Å². The average molecular weight is 358 g/mol. The Labute approximate surface area is 140 Å². The molecule has 0 spiro atoms. The standard InChI is InChI=1S/C19H20BrNO/c20-18-7-6-17(14-22)19(13-18)21-10-8-16(9-11-21)12-15-4-2-1-3-5-15/h1-7,13-14,16H,8-12H2. The molecule has 2 aromatic carbocycles. The number of hydrogen-bond donors (Lipinski definition) is 0. The summed E-state index contributed by atoms with van der Waals surface area (Å²) in [7, 11) is 0. The van der Waals surface area contributed by atoms with Crippen LogP contribution in [0.3, 0.4) is 0 Å². The zero-order chi connectivity index (χ0) is 15.4. The molecule has 1 fully saturated rings. The molecular formula is C19H20BrNO. The summed E-state index contributed by atoms with van der Waals surface area (Å²) in [6.07, 6.45) is 4.48. The van der Waals surface area contributed by atoms with Crippen LogP contribution in [0, 0.1) is 5.92 Å². The molecule has 2 aromatic rings. The van der Waals surface area contributed by atoms with E-state index in [9.17, 15) is 4.79 Å². The number of aldehydes is 1. The van der Waals surface area contributed by atoms with Crippen LogP contribution in [0.5, 0.6) is 0 Å². The van der Waals surface area contributed by atoms with Crippen molar-refractivity contribution in [2.75, 3.05) is 18.0 Å². The van der Waals surface area contributed by atoms with Gasteiger partial charge in [-0.1, -0.05) is 46.3 Å². The summed E-state index contributed by atoms with van der Waals surface area (Å²) in [4.78, 5) is 13.6. The zero-order valence-corrected chi connectivity index (χ0v) is 14.1. The van der Waals surface area contributed by atoms with Crippen LogP contribution >= 0.6 is 15.9 Å². The van der Waals surface area contributed by atoms with Gasteiger partial charge in [0.15, 0.2) is 6.29 Å². The molecule has 3 rings (SSSR count). The lowest BCUT2D eigenvalue weighted by molar-refractivity contribution is 0.112. The van der Waals surface area contributed by atoms with Crippen LogP contribution in [0.15, 0.2) is 53.0 Å². The number of nitrogens with zero attached hydrogens (tertiary/aromatic N) is 1. The summed E-state index contributed by atoms with van der Waals surface area (Å²) in [5.41, 5.74) is 3.27. The molecule has 0 radical (unpaired) electrons. The Morgan fingerprint density at radius 2 is 1.82 bits per heavy atom. The van der Waals surface area contributed by atoms with Gasteiger partial charge in [-0.05, 0) is 48.9 Å². The second-order valence-electron chi connectivity index (χ2n) is 5.94. The molecule has 114 valence electrons. The Hall–Kier alpha value is -1.61. The molecule has 0 aliphatic carbocycles. The molecule has 1 aliphatic heterocycles. The smallest absolute Gasteiger partial charge is 0.152 e.